The topological polar surface area (TPSA) is 111 Å². The van der Waals surface area contributed by atoms with E-state index in [1.165, 1.54) is 29.0 Å². The number of carbonyl (C=O) groups excluding carboxylic acids is 1. The zero-order chi connectivity index (χ0) is 28.3. The van der Waals surface area contributed by atoms with Gasteiger partial charge < -0.3 is 0 Å². The Morgan fingerprint density at radius 3 is 2.50 bits per heavy atom. The van der Waals surface area contributed by atoms with Crippen LogP contribution in [0.1, 0.15) is 41.4 Å². The molecule has 0 saturated carbocycles. The molecule has 0 saturated heterocycles. The molecule has 0 spiro atoms. The number of tetrazole rings is 1. The quantitative estimate of drug-likeness (QED) is 0.260. The molecule has 3 aromatic heterocycles. The van der Waals surface area contributed by atoms with Gasteiger partial charge in [-0.15, -0.1) is 5.10 Å². The lowest BCUT2D eigenvalue weighted by molar-refractivity contribution is -0.0885. The molecule has 40 heavy (non-hydrogen) atoms. The zero-order valence-electron chi connectivity index (χ0n) is 21.4. The fraction of sp³-hybridized carbons (Fsp3) is 0.214. The Hall–Kier alpha value is -4.87. The predicted molar refractivity (Wildman–Crippen MR) is 141 cm³/mol. The average molecular weight is 548 g/mol. The highest BCUT2D eigenvalue weighted by atomic mass is 19.4. The minimum absolute atomic E-state index is 0.104. The summed E-state index contributed by atoms with van der Waals surface area (Å²) in [4.78, 5) is 29.9. The second-order valence-corrected chi connectivity index (χ2v) is 9.17. The van der Waals surface area contributed by atoms with Gasteiger partial charge in [0.05, 0.1) is 17.8 Å². The maximum Gasteiger partial charge on any atom is 0.454 e. The molecule has 2 aromatic carbocycles. The van der Waals surface area contributed by atoms with Gasteiger partial charge in [0.25, 0.3) is 5.78 Å². The molecule has 0 amide bonds. The highest BCUT2D eigenvalue weighted by molar-refractivity contribution is 6.03. The fourth-order valence-corrected chi connectivity index (χ4v) is 4.53. The summed E-state index contributed by atoms with van der Waals surface area (Å²) < 4.78 is 42.5. The first-order valence-corrected chi connectivity index (χ1v) is 12.6. The van der Waals surface area contributed by atoms with Crippen LogP contribution in [0.3, 0.4) is 0 Å². The minimum atomic E-state index is -5.06. The highest BCUT2D eigenvalue weighted by Crippen LogP contribution is 2.29. The molecule has 9 nitrogen and oxygen atoms in total. The Morgan fingerprint density at radius 1 is 1.02 bits per heavy atom. The largest absolute Gasteiger partial charge is 0.454 e. The van der Waals surface area contributed by atoms with E-state index in [2.05, 4.69) is 25.6 Å². The Labute approximate surface area is 226 Å². The standard InChI is InChI=1S/C28H24F3N7O2/c1-2-3-6-20-17-38(24-8-5-4-7-22(24)25(39)28(29,30)31)27(40)37(20)16-18-9-11-19(12-10-18)23-15-32-14-13-21(23)26-33-35-36-34-26/h4-5,7-15,17H,2-3,6,16H2,1H3,(H,33,34,35,36). The van der Waals surface area contributed by atoms with Gasteiger partial charge in [-0.3, -0.25) is 18.9 Å². The SMILES string of the molecule is CCCCc1cn(-c2ccccc2C(=O)C(F)(F)F)c(=O)n1Cc1ccc(-c2cnccc2-c2nnn[nH]2)cc1. The number of halogens is 3. The number of aromatic amines is 1. The number of benzene rings is 2. The number of imidazole rings is 1. The molecule has 5 rings (SSSR count). The van der Waals surface area contributed by atoms with Crippen LogP contribution < -0.4 is 5.69 Å². The van der Waals surface area contributed by atoms with E-state index in [1.807, 2.05) is 31.2 Å². The third-order valence-electron chi connectivity index (χ3n) is 6.54. The van der Waals surface area contributed by atoms with Gasteiger partial charge in [0.15, 0.2) is 5.82 Å². The summed E-state index contributed by atoms with van der Waals surface area (Å²) in [5.41, 5.74) is 2.72. The first kappa shape index (κ1) is 26.7. The summed E-state index contributed by atoms with van der Waals surface area (Å²) in [6.45, 7) is 2.21. The molecule has 0 radical (unpaired) electrons. The number of aromatic nitrogens is 7. The molecule has 0 fully saturated rings. The van der Waals surface area contributed by atoms with E-state index in [0.29, 0.717) is 17.9 Å². The number of hydrogen-bond donors (Lipinski definition) is 1. The minimum Gasteiger partial charge on any atom is -0.292 e. The van der Waals surface area contributed by atoms with E-state index < -0.39 is 23.2 Å². The lowest BCUT2D eigenvalue weighted by Crippen LogP contribution is -2.28. The van der Waals surface area contributed by atoms with Crippen LogP contribution in [-0.4, -0.2) is 46.7 Å². The number of para-hydroxylation sites is 1. The molecule has 1 N–H and O–H groups in total. The molecular formula is C28H24F3N7O2. The number of unbranched alkanes of at least 4 members (excludes halogenated alkanes) is 1. The number of nitrogens with one attached hydrogen (secondary N) is 1. The number of aryl methyl sites for hydroxylation is 1. The van der Waals surface area contributed by atoms with Crippen molar-refractivity contribution in [2.24, 2.45) is 0 Å². The first-order chi connectivity index (χ1) is 19.3. The molecular weight excluding hydrogens is 523 g/mol. The summed E-state index contributed by atoms with van der Waals surface area (Å²) >= 11 is 0. The van der Waals surface area contributed by atoms with Crippen molar-refractivity contribution in [2.75, 3.05) is 0 Å². The molecule has 0 aliphatic carbocycles. The number of carbonyl (C=O) groups is 1. The molecule has 12 heteroatoms. The van der Waals surface area contributed by atoms with Crippen molar-refractivity contribution in [3.8, 4) is 28.2 Å². The van der Waals surface area contributed by atoms with Crippen LogP contribution in [0.15, 0.2) is 78.0 Å². The maximum absolute atomic E-state index is 13.5. The monoisotopic (exact) mass is 547 g/mol. The van der Waals surface area contributed by atoms with Crippen LogP contribution in [0.4, 0.5) is 13.2 Å². The lowest BCUT2D eigenvalue weighted by atomic mass is 10.0. The van der Waals surface area contributed by atoms with Gasteiger partial charge in [0, 0.05) is 35.4 Å². The van der Waals surface area contributed by atoms with Crippen LogP contribution in [0.2, 0.25) is 0 Å². The zero-order valence-corrected chi connectivity index (χ0v) is 21.4. The second-order valence-electron chi connectivity index (χ2n) is 9.17. The van der Waals surface area contributed by atoms with Crippen LogP contribution in [0, 0.1) is 0 Å². The third-order valence-corrected chi connectivity index (χ3v) is 6.54. The molecule has 204 valence electrons. The van der Waals surface area contributed by atoms with Gasteiger partial charge in [0.2, 0.25) is 0 Å². The number of alkyl halides is 3. The number of hydrogen-bond acceptors (Lipinski definition) is 6. The van der Waals surface area contributed by atoms with Crippen LogP contribution in [0.5, 0.6) is 0 Å². The third kappa shape index (κ3) is 5.33. The average Bonchev–Trinajstić information content (AvgIpc) is 3.60. The number of pyridine rings is 1. The number of ketones is 1. The van der Waals surface area contributed by atoms with E-state index in [9.17, 15) is 22.8 Å². The van der Waals surface area contributed by atoms with Crippen molar-refractivity contribution in [1.82, 2.24) is 34.7 Å². The van der Waals surface area contributed by atoms with Crippen molar-refractivity contribution >= 4 is 5.78 Å². The molecule has 0 unspecified atom stereocenters. The lowest BCUT2D eigenvalue weighted by Gasteiger charge is -2.11. The van der Waals surface area contributed by atoms with Gasteiger partial charge >= 0.3 is 11.9 Å². The van der Waals surface area contributed by atoms with Gasteiger partial charge in [-0.25, -0.2) is 9.89 Å². The molecule has 0 atom stereocenters. The Kier molecular flexibility index (Phi) is 7.41. The molecule has 0 bridgehead atoms. The molecule has 5 aromatic rings. The summed E-state index contributed by atoms with van der Waals surface area (Å²) in [6.07, 6.45) is 2.02. The number of rotatable bonds is 9. The van der Waals surface area contributed by atoms with Gasteiger partial charge in [0.1, 0.15) is 0 Å². The first-order valence-electron chi connectivity index (χ1n) is 12.6. The van der Waals surface area contributed by atoms with Crippen molar-refractivity contribution < 1.29 is 18.0 Å². The van der Waals surface area contributed by atoms with Gasteiger partial charge in [-0.2, -0.15) is 13.2 Å². The second kappa shape index (κ2) is 11.1. The summed E-state index contributed by atoms with van der Waals surface area (Å²) in [6, 6.07) is 14.6. The van der Waals surface area contributed by atoms with Crippen molar-refractivity contribution in [1.29, 1.82) is 0 Å². The summed E-state index contributed by atoms with van der Waals surface area (Å²) in [5, 5.41) is 14.0. The Morgan fingerprint density at radius 2 is 1.80 bits per heavy atom. The summed E-state index contributed by atoms with van der Waals surface area (Å²) in [5.74, 6) is -1.50. The highest BCUT2D eigenvalue weighted by Gasteiger charge is 2.40. The smallest absolute Gasteiger partial charge is 0.292 e. The number of nitrogens with zero attached hydrogens (tertiary/aromatic N) is 6. The maximum atomic E-state index is 13.5. The fourth-order valence-electron chi connectivity index (χ4n) is 4.53. The van der Waals surface area contributed by atoms with E-state index in [0.717, 1.165) is 45.7 Å². The van der Waals surface area contributed by atoms with Crippen LogP contribution >= 0.6 is 0 Å². The van der Waals surface area contributed by atoms with Gasteiger partial charge in [-0.05, 0) is 52.6 Å². The van der Waals surface area contributed by atoms with Crippen molar-refractivity contribution in [2.45, 2.75) is 38.9 Å². The molecule has 3 heterocycles. The van der Waals surface area contributed by atoms with Gasteiger partial charge in [-0.1, -0.05) is 49.7 Å². The van der Waals surface area contributed by atoms with E-state index in [4.69, 9.17) is 0 Å². The van der Waals surface area contributed by atoms with E-state index in [1.54, 1.807) is 18.5 Å². The Bertz CT molecular complexity index is 1690. The molecule has 0 aliphatic heterocycles. The number of Topliss-reactive ketones (excluding diaryl/α,β-unsaturated/α-hetero) is 1. The van der Waals surface area contributed by atoms with Crippen molar-refractivity contribution in [3.05, 3.63) is 100 Å². The van der Waals surface area contributed by atoms with E-state index >= 15 is 0 Å². The van der Waals surface area contributed by atoms with Crippen molar-refractivity contribution in [3.63, 3.8) is 0 Å². The molecule has 0 aliphatic rings. The summed E-state index contributed by atoms with van der Waals surface area (Å²) in [7, 11) is 0. The number of H-pyrrole nitrogens is 1. The van der Waals surface area contributed by atoms with E-state index in [-0.39, 0.29) is 12.2 Å². The predicted octanol–water partition coefficient (Wildman–Crippen LogP) is 5.02. The van der Waals surface area contributed by atoms with Crippen LogP contribution in [-0.2, 0) is 13.0 Å². The Balaban J connectivity index is 1.50. The normalized spacial score (nSPS) is 11.6. The van der Waals surface area contributed by atoms with Crippen LogP contribution in [0.25, 0.3) is 28.2 Å².